The Morgan fingerprint density at radius 2 is 1.96 bits per heavy atom. The van der Waals surface area contributed by atoms with E-state index in [-0.39, 0.29) is 11.7 Å². The van der Waals surface area contributed by atoms with Crippen LogP contribution < -0.4 is 5.73 Å². The zero-order chi connectivity index (χ0) is 17.0. The molecule has 0 spiro atoms. The molecule has 1 saturated heterocycles. The minimum Gasteiger partial charge on any atom is -0.398 e. The normalized spacial score (nSPS) is 16.3. The molecule has 0 atom stereocenters. The average Bonchev–Trinajstić information content (AvgIpc) is 2.55. The zero-order valence-electron chi connectivity index (χ0n) is 13.4. The van der Waals surface area contributed by atoms with Gasteiger partial charge in [0.1, 0.15) is 0 Å². The molecule has 2 N–H and O–H groups in total. The SMILES string of the molecule is C=CS(=O)(=O)CCN1CCN(C(=O)c2ccc(C)c(N)c2)CC1. The van der Waals surface area contributed by atoms with Crippen molar-refractivity contribution >= 4 is 21.4 Å². The molecule has 1 aromatic carbocycles. The third-order valence-electron chi connectivity index (χ3n) is 4.13. The topological polar surface area (TPSA) is 83.7 Å². The lowest BCUT2D eigenvalue weighted by atomic mass is 10.1. The summed E-state index contributed by atoms with van der Waals surface area (Å²) in [7, 11) is -3.17. The summed E-state index contributed by atoms with van der Waals surface area (Å²) in [5.74, 6) is 0.0360. The Hall–Kier alpha value is -1.86. The van der Waals surface area contributed by atoms with Crippen LogP contribution >= 0.6 is 0 Å². The van der Waals surface area contributed by atoms with Crippen LogP contribution in [0.5, 0.6) is 0 Å². The van der Waals surface area contributed by atoms with E-state index in [1.54, 1.807) is 17.0 Å². The van der Waals surface area contributed by atoms with Gasteiger partial charge in [-0.1, -0.05) is 12.6 Å². The van der Waals surface area contributed by atoms with Gasteiger partial charge in [-0.15, -0.1) is 0 Å². The lowest BCUT2D eigenvalue weighted by Gasteiger charge is -2.34. The largest absolute Gasteiger partial charge is 0.398 e. The highest BCUT2D eigenvalue weighted by atomic mass is 32.2. The highest BCUT2D eigenvalue weighted by Gasteiger charge is 2.23. The van der Waals surface area contributed by atoms with Crippen molar-refractivity contribution in [3.63, 3.8) is 0 Å². The van der Waals surface area contributed by atoms with Gasteiger partial charge in [0, 0.05) is 49.4 Å². The van der Waals surface area contributed by atoms with Crippen LogP contribution in [0.4, 0.5) is 5.69 Å². The first-order chi connectivity index (χ1) is 10.8. The molecule has 0 aromatic heterocycles. The molecule has 1 fully saturated rings. The van der Waals surface area contributed by atoms with Crippen molar-refractivity contribution in [1.29, 1.82) is 0 Å². The first kappa shape index (κ1) is 17.5. The summed E-state index contributed by atoms with van der Waals surface area (Å²) >= 11 is 0. The molecule has 1 aliphatic heterocycles. The Kier molecular flexibility index (Phi) is 5.43. The third-order valence-corrected chi connectivity index (χ3v) is 5.39. The minimum absolute atomic E-state index is 0.0323. The lowest BCUT2D eigenvalue weighted by Crippen LogP contribution is -2.49. The van der Waals surface area contributed by atoms with Crippen molar-refractivity contribution in [3.8, 4) is 0 Å². The molecule has 0 unspecified atom stereocenters. The van der Waals surface area contributed by atoms with Crippen LogP contribution in [0, 0.1) is 6.92 Å². The maximum absolute atomic E-state index is 12.5. The number of carbonyl (C=O) groups excluding carboxylic acids is 1. The summed E-state index contributed by atoms with van der Waals surface area (Å²) in [5, 5.41) is 0.995. The minimum atomic E-state index is -3.17. The lowest BCUT2D eigenvalue weighted by molar-refractivity contribution is 0.0644. The van der Waals surface area contributed by atoms with Crippen LogP contribution in [0.1, 0.15) is 15.9 Å². The van der Waals surface area contributed by atoms with Crippen molar-refractivity contribution in [2.24, 2.45) is 0 Å². The van der Waals surface area contributed by atoms with Crippen LogP contribution in [0.15, 0.2) is 30.2 Å². The Labute approximate surface area is 137 Å². The van der Waals surface area contributed by atoms with E-state index in [1.165, 1.54) is 0 Å². The summed E-state index contributed by atoms with van der Waals surface area (Å²) in [6.45, 7) is 8.18. The second kappa shape index (κ2) is 7.14. The molecule has 1 aromatic rings. The maximum atomic E-state index is 12.5. The number of benzene rings is 1. The van der Waals surface area contributed by atoms with Crippen LogP contribution in [-0.4, -0.2) is 62.6 Å². The van der Waals surface area contributed by atoms with Gasteiger partial charge in [-0.25, -0.2) is 8.42 Å². The van der Waals surface area contributed by atoms with Crippen LogP contribution in [0.3, 0.4) is 0 Å². The van der Waals surface area contributed by atoms with Gasteiger partial charge in [0.2, 0.25) is 0 Å². The van der Waals surface area contributed by atoms with Crippen molar-refractivity contribution in [2.45, 2.75) is 6.92 Å². The number of piperazine rings is 1. The van der Waals surface area contributed by atoms with E-state index in [9.17, 15) is 13.2 Å². The summed E-state index contributed by atoms with van der Waals surface area (Å²) in [6, 6.07) is 5.34. The van der Waals surface area contributed by atoms with Crippen molar-refractivity contribution in [2.75, 3.05) is 44.2 Å². The molecule has 7 heteroatoms. The second-order valence-corrected chi connectivity index (χ2v) is 7.81. The number of hydrogen-bond acceptors (Lipinski definition) is 5. The predicted molar refractivity (Wildman–Crippen MR) is 91.9 cm³/mol. The van der Waals surface area contributed by atoms with E-state index in [0.717, 1.165) is 11.0 Å². The summed E-state index contributed by atoms with van der Waals surface area (Å²) < 4.78 is 22.9. The number of hydrogen-bond donors (Lipinski definition) is 1. The summed E-state index contributed by atoms with van der Waals surface area (Å²) in [5.41, 5.74) is 8.02. The fraction of sp³-hybridized carbons (Fsp3) is 0.438. The van der Waals surface area contributed by atoms with Gasteiger partial charge in [-0.3, -0.25) is 9.69 Å². The number of anilines is 1. The van der Waals surface area contributed by atoms with E-state index >= 15 is 0 Å². The van der Waals surface area contributed by atoms with E-state index < -0.39 is 9.84 Å². The van der Waals surface area contributed by atoms with Crippen LogP contribution in [-0.2, 0) is 9.84 Å². The molecule has 23 heavy (non-hydrogen) atoms. The maximum Gasteiger partial charge on any atom is 0.254 e. The summed E-state index contributed by atoms with van der Waals surface area (Å²) in [6.07, 6.45) is 0. The van der Waals surface area contributed by atoms with Crippen molar-refractivity contribution in [3.05, 3.63) is 41.3 Å². The quantitative estimate of drug-likeness (QED) is 0.807. The summed E-state index contributed by atoms with van der Waals surface area (Å²) in [4.78, 5) is 16.3. The second-order valence-electron chi connectivity index (χ2n) is 5.74. The van der Waals surface area contributed by atoms with Crippen LogP contribution in [0.2, 0.25) is 0 Å². The molecule has 0 aliphatic carbocycles. The van der Waals surface area contributed by atoms with E-state index in [4.69, 9.17) is 5.73 Å². The molecule has 0 bridgehead atoms. The van der Waals surface area contributed by atoms with E-state index in [1.807, 2.05) is 17.9 Å². The molecule has 0 saturated carbocycles. The standard InChI is InChI=1S/C16H23N3O3S/c1-3-23(21,22)11-10-18-6-8-19(9-7-18)16(20)14-5-4-13(2)15(17)12-14/h3-5,12H,1,6-11,17H2,2H3. The Morgan fingerprint density at radius 1 is 1.30 bits per heavy atom. The number of nitrogens with two attached hydrogens (primary N) is 1. The smallest absolute Gasteiger partial charge is 0.254 e. The Bertz CT molecular complexity index is 693. The molecular formula is C16H23N3O3S. The molecule has 126 valence electrons. The number of nitrogens with zero attached hydrogens (tertiary/aromatic N) is 2. The van der Waals surface area contributed by atoms with Gasteiger partial charge in [-0.2, -0.15) is 0 Å². The highest BCUT2D eigenvalue weighted by molar-refractivity contribution is 7.94. The average molecular weight is 337 g/mol. The first-order valence-corrected chi connectivity index (χ1v) is 9.27. The molecule has 1 heterocycles. The van der Waals surface area contributed by atoms with Gasteiger partial charge in [-0.05, 0) is 24.6 Å². The number of rotatable bonds is 5. The monoisotopic (exact) mass is 337 g/mol. The predicted octanol–water partition coefficient (Wildman–Crippen LogP) is 0.893. The number of aryl methyl sites for hydroxylation is 1. The van der Waals surface area contributed by atoms with Gasteiger partial charge >= 0.3 is 0 Å². The molecule has 1 amide bonds. The number of nitrogen functional groups attached to an aromatic ring is 1. The van der Waals surface area contributed by atoms with E-state index in [0.29, 0.717) is 44.0 Å². The van der Waals surface area contributed by atoms with Crippen molar-refractivity contribution in [1.82, 2.24) is 9.80 Å². The van der Waals surface area contributed by atoms with Crippen LogP contribution in [0.25, 0.3) is 0 Å². The van der Waals surface area contributed by atoms with Gasteiger partial charge in [0.05, 0.1) is 5.75 Å². The molecule has 6 nitrogen and oxygen atoms in total. The molecule has 0 radical (unpaired) electrons. The number of amides is 1. The number of sulfone groups is 1. The Balaban J connectivity index is 1.89. The fourth-order valence-electron chi connectivity index (χ4n) is 2.47. The van der Waals surface area contributed by atoms with Gasteiger partial charge in [0.15, 0.2) is 9.84 Å². The Morgan fingerprint density at radius 3 is 2.52 bits per heavy atom. The van der Waals surface area contributed by atoms with E-state index in [2.05, 4.69) is 6.58 Å². The van der Waals surface area contributed by atoms with Crippen molar-refractivity contribution < 1.29 is 13.2 Å². The molecule has 2 rings (SSSR count). The first-order valence-electron chi connectivity index (χ1n) is 7.55. The van der Waals surface area contributed by atoms with Gasteiger partial charge in [0.25, 0.3) is 5.91 Å². The fourth-order valence-corrected chi connectivity index (χ4v) is 3.15. The highest BCUT2D eigenvalue weighted by Crippen LogP contribution is 2.15. The molecule has 1 aliphatic rings. The third kappa shape index (κ3) is 4.56. The molecular weight excluding hydrogens is 314 g/mol. The number of carbonyl (C=O) groups is 1. The van der Waals surface area contributed by atoms with Gasteiger partial charge < -0.3 is 10.6 Å². The zero-order valence-corrected chi connectivity index (χ0v) is 14.2.